The second kappa shape index (κ2) is 9.93. The van der Waals surface area contributed by atoms with Crippen LogP contribution in [0.3, 0.4) is 0 Å². The van der Waals surface area contributed by atoms with E-state index < -0.39 is 0 Å². The fraction of sp³-hybridized carbons (Fsp3) is 0.600. The van der Waals surface area contributed by atoms with Gasteiger partial charge in [0.1, 0.15) is 0 Å². The maximum Gasteiger partial charge on any atom is 0.227 e. The van der Waals surface area contributed by atoms with Crippen LogP contribution in [0.2, 0.25) is 0 Å². The number of nitrogens with two attached hydrogens (primary N) is 1. The number of carbonyl (C=O) groups excluding carboxylic acids is 2. The molecule has 3 rings (SSSR count). The summed E-state index contributed by atoms with van der Waals surface area (Å²) < 4.78 is 0. The summed E-state index contributed by atoms with van der Waals surface area (Å²) in [6, 6.07) is 10.3. The number of carbonyl (C=O) groups is 2. The Morgan fingerprint density at radius 3 is 2.27 bits per heavy atom. The number of hydrogen-bond acceptors (Lipinski definition) is 3. The van der Waals surface area contributed by atoms with Crippen LogP contribution >= 0.6 is 12.4 Å². The largest absolute Gasteiger partial charge is 0.339 e. The fourth-order valence-corrected chi connectivity index (χ4v) is 3.95. The molecule has 1 aliphatic carbocycles. The van der Waals surface area contributed by atoms with Crippen molar-refractivity contribution in [2.75, 3.05) is 26.2 Å². The zero-order valence-corrected chi connectivity index (χ0v) is 16.1. The molecule has 1 aromatic rings. The monoisotopic (exact) mass is 379 g/mol. The summed E-state index contributed by atoms with van der Waals surface area (Å²) in [6.07, 6.45) is 5.31. The first-order valence-electron chi connectivity index (χ1n) is 9.51. The molecule has 1 aliphatic heterocycles. The van der Waals surface area contributed by atoms with Crippen molar-refractivity contribution in [1.82, 2.24) is 9.80 Å². The molecule has 144 valence electrons. The summed E-state index contributed by atoms with van der Waals surface area (Å²) in [5.74, 6) is 0.398. The molecule has 2 N–H and O–H groups in total. The van der Waals surface area contributed by atoms with Gasteiger partial charge in [0, 0.05) is 38.6 Å². The summed E-state index contributed by atoms with van der Waals surface area (Å²) in [4.78, 5) is 28.7. The highest BCUT2D eigenvalue weighted by Gasteiger charge is 2.34. The molecule has 6 heteroatoms. The number of benzene rings is 1. The molecule has 0 spiro atoms. The molecule has 0 bridgehead atoms. The second-order valence-corrected chi connectivity index (χ2v) is 7.25. The van der Waals surface area contributed by atoms with Crippen molar-refractivity contribution in [2.45, 2.75) is 44.6 Å². The standard InChI is InChI=1S/C20H29N3O2.ClH/c21-18-10-5-9-17(18)20(25)23-14-12-22(13-15-23)19(24)11-4-8-16-6-2-1-3-7-16;/h1-3,6-7,17-18H,4-5,8-15,21H2;1H. The van der Waals surface area contributed by atoms with Crippen LogP contribution in [0.25, 0.3) is 0 Å². The van der Waals surface area contributed by atoms with Gasteiger partial charge in [0.2, 0.25) is 11.8 Å². The summed E-state index contributed by atoms with van der Waals surface area (Å²) in [5.41, 5.74) is 7.33. The first-order chi connectivity index (χ1) is 12.1. The maximum absolute atomic E-state index is 12.6. The highest BCUT2D eigenvalue weighted by molar-refractivity contribution is 5.85. The van der Waals surface area contributed by atoms with Crippen molar-refractivity contribution < 1.29 is 9.59 Å². The van der Waals surface area contributed by atoms with Crippen LogP contribution in [0.1, 0.15) is 37.7 Å². The third-order valence-electron chi connectivity index (χ3n) is 5.53. The number of piperazine rings is 1. The zero-order valence-electron chi connectivity index (χ0n) is 15.3. The molecule has 2 unspecified atom stereocenters. The third-order valence-corrected chi connectivity index (χ3v) is 5.53. The number of nitrogens with zero attached hydrogens (tertiary/aromatic N) is 2. The van der Waals surface area contributed by atoms with E-state index in [0.717, 1.165) is 32.1 Å². The van der Waals surface area contributed by atoms with Gasteiger partial charge in [-0.1, -0.05) is 36.8 Å². The van der Waals surface area contributed by atoms with Crippen molar-refractivity contribution >= 4 is 24.2 Å². The van der Waals surface area contributed by atoms with Crippen LogP contribution in [0.15, 0.2) is 30.3 Å². The number of hydrogen-bond donors (Lipinski definition) is 1. The average Bonchev–Trinajstić information content (AvgIpc) is 3.08. The molecule has 2 aliphatic rings. The van der Waals surface area contributed by atoms with E-state index in [1.807, 2.05) is 28.0 Å². The quantitative estimate of drug-likeness (QED) is 0.853. The van der Waals surface area contributed by atoms with Gasteiger partial charge in [0.25, 0.3) is 0 Å². The molecule has 2 atom stereocenters. The average molecular weight is 380 g/mol. The van der Waals surface area contributed by atoms with Gasteiger partial charge in [0.05, 0.1) is 5.92 Å². The minimum atomic E-state index is -0.00637. The van der Waals surface area contributed by atoms with Crippen molar-refractivity contribution in [3.63, 3.8) is 0 Å². The summed E-state index contributed by atoms with van der Waals surface area (Å²) in [7, 11) is 0. The van der Waals surface area contributed by atoms with E-state index in [1.165, 1.54) is 5.56 Å². The Kier molecular flexibility index (Phi) is 7.91. The molecular formula is C20H30ClN3O2. The SMILES string of the molecule is Cl.NC1CCCC1C(=O)N1CCN(C(=O)CCCc2ccccc2)CC1. The van der Waals surface area contributed by atoms with Gasteiger partial charge < -0.3 is 15.5 Å². The van der Waals surface area contributed by atoms with Gasteiger partial charge >= 0.3 is 0 Å². The topological polar surface area (TPSA) is 66.6 Å². The van der Waals surface area contributed by atoms with E-state index >= 15 is 0 Å². The first kappa shape index (κ1) is 20.7. The molecule has 1 saturated heterocycles. The molecule has 0 radical (unpaired) electrons. The Balaban J connectivity index is 0.00000243. The third kappa shape index (κ3) is 5.21. The lowest BCUT2D eigenvalue weighted by molar-refractivity contribution is -0.142. The molecule has 1 saturated carbocycles. The van der Waals surface area contributed by atoms with Gasteiger partial charge in [-0.25, -0.2) is 0 Å². The van der Waals surface area contributed by atoms with Crippen molar-refractivity contribution in [2.24, 2.45) is 11.7 Å². The van der Waals surface area contributed by atoms with E-state index in [4.69, 9.17) is 5.73 Å². The lowest BCUT2D eigenvalue weighted by Crippen LogP contribution is -2.53. The number of rotatable bonds is 5. The van der Waals surface area contributed by atoms with E-state index in [9.17, 15) is 9.59 Å². The predicted molar refractivity (Wildman–Crippen MR) is 105 cm³/mol. The van der Waals surface area contributed by atoms with Gasteiger partial charge in [-0.15, -0.1) is 12.4 Å². The Labute approximate surface area is 162 Å². The smallest absolute Gasteiger partial charge is 0.227 e. The molecule has 1 heterocycles. The lowest BCUT2D eigenvalue weighted by atomic mass is 10.0. The molecular weight excluding hydrogens is 350 g/mol. The molecule has 2 amide bonds. The van der Waals surface area contributed by atoms with Gasteiger partial charge in [-0.05, 0) is 31.2 Å². The summed E-state index contributed by atoms with van der Waals surface area (Å²) >= 11 is 0. The fourth-order valence-electron chi connectivity index (χ4n) is 3.95. The Morgan fingerprint density at radius 2 is 1.65 bits per heavy atom. The number of amides is 2. The Hall–Kier alpha value is -1.59. The first-order valence-corrected chi connectivity index (χ1v) is 9.51. The minimum Gasteiger partial charge on any atom is -0.339 e. The lowest BCUT2D eigenvalue weighted by Gasteiger charge is -2.36. The number of halogens is 1. The van der Waals surface area contributed by atoms with E-state index in [1.54, 1.807) is 0 Å². The Morgan fingerprint density at radius 1 is 1.00 bits per heavy atom. The second-order valence-electron chi connectivity index (χ2n) is 7.25. The van der Waals surface area contributed by atoms with Gasteiger partial charge in [-0.2, -0.15) is 0 Å². The van der Waals surface area contributed by atoms with E-state index in [2.05, 4.69) is 12.1 Å². The molecule has 0 aromatic heterocycles. The highest BCUT2D eigenvalue weighted by Crippen LogP contribution is 2.26. The minimum absolute atomic E-state index is 0. The van der Waals surface area contributed by atoms with Crippen molar-refractivity contribution in [3.05, 3.63) is 35.9 Å². The Bertz CT molecular complexity index is 588. The van der Waals surface area contributed by atoms with Gasteiger partial charge in [-0.3, -0.25) is 9.59 Å². The van der Waals surface area contributed by atoms with Crippen LogP contribution in [0.4, 0.5) is 0 Å². The van der Waals surface area contributed by atoms with Crippen LogP contribution in [0, 0.1) is 5.92 Å². The van der Waals surface area contributed by atoms with Gasteiger partial charge in [0.15, 0.2) is 0 Å². The van der Waals surface area contributed by atoms with Crippen LogP contribution in [-0.2, 0) is 16.0 Å². The normalized spacial score (nSPS) is 22.8. The summed E-state index contributed by atoms with van der Waals surface area (Å²) in [5, 5.41) is 0. The number of aryl methyl sites for hydroxylation is 1. The zero-order chi connectivity index (χ0) is 17.6. The molecule has 2 fully saturated rings. The van der Waals surface area contributed by atoms with Crippen molar-refractivity contribution in [1.29, 1.82) is 0 Å². The summed E-state index contributed by atoms with van der Waals surface area (Å²) in [6.45, 7) is 2.59. The van der Waals surface area contributed by atoms with E-state index in [0.29, 0.717) is 32.6 Å². The predicted octanol–water partition coefficient (Wildman–Crippen LogP) is 2.23. The van der Waals surface area contributed by atoms with Crippen molar-refractivity contribution in [3.8, 4) is 0 Å². The van der Waals surface area contributed by atoms with Crippen LogP contribution < -0.4 is 5.73 Å². The maximum atomic E-state index is 12.6. The van der Waals surface area contributed by atoms with Crippen LogP contribution in [0.5, 0.6) is 0 Å². The molecule has 5 nitrogen and oxygen atoms in total. The molecule has 1 aromatic carbocycles. The van der Waals surface area contributed by atoms with Crippen LogP contribution in [-0.4, -0.2) is 53.8 Å². The highest BCUT2D eigenvalue weighted by atomic mass is 35.5. The van der Waals surface area contributed by atoms with E-state index in [-0.39, 0.29) is 36.2 Å². The molecule has 26 heavy (non-hydrogen) atoms.